The lowest BCUT2D eigenvalue weighted by Crippen LogP contribution is -2.05. The van der Waals surface area contributed by atoms with Crippen molar-refractivity contribution in [1.82, 2.24) is 9.78 Å². The standard InChI is InChI=1S/C11H13N3O2S2/c1-17-11-9(18(2,15)16)10(12)14(13-11)8-6-4-3-5-7-8/h3-7H,12H2,1-2H3. The highest BCUT2D eigenvalue weighted by Gasteiger charge is 2.24. The molecular formula is C11H13N3O2S2. The van der Waals surface area contributed by atoms with E-state index in [0.717, 1.165) is 11.9 Å². The normalized spacial score (nSPS) is 11.7. The van der Waals surface area contributed by atoms with Crippen LogP contribution in [0.15, 0.2) is 40.3 Å². The average Bonchev–Trinajstić information content (AvgIpc) is 2.67. The fourth-order valence-corrected chi connectivity index (χ4v) is 3.63. The van der Waals surface area contributed by atoms with Gasteiger partial charge >= 0.3 is 0 Å². The van der Waals surface area contributed by atoms with Crippen molar-refractivity contribution in [3.05, 3.63) is 30.3 Å². The maximum atomic E-state index is 11.7. The van der Waals surface area contributed by atoms with Crippen molar-refractivity contribution in [3.63, 3.8) is 0 Å². The summed E-state index contributed by atoms with van der Waals surface area (Å²) in [7, 11) is -3.39. The smallest absolute Gasteiger partial charge is 0.181 e. The molecule has 0 amide bonds. The molecule has 0 spiro atoms. The summed E-state index contributed by atoms with van der Waals surface area (Å²) < 4.78 is 24.9. The first-order chi connectivity index (χ1) is 8.45. The van der Waals surface area contributed by atoms with Gasteiger partial charge in [-0.2, -0.15) is 5.10 Å². The number of nitrogen functional groups attached to an aromatic ring is 1. The monoisotopic (exact) mass is 283 g/mol. The van der Waals surface area contributed by atoms with Crippen LogP contribution >= 0.6 is 11.8 Å². The summed E-state index contributed by atoms with van der Waals surface area (Å²) in [6.45, 7) is 0. The van der Waals surface area contributed by atoms with Gasteiger partial charge in [-0.05, 0) is 18.4 Å². The number of anilines is 1. The van der Waals surface area contributed by atoms with Crippen molar-refractivity contribution in [2.45, 2.75) is 9.92 Å². The number of hydrogen-bond acceptors (Lipinski definition) is 5. The molecule has 2 aromatic rings. The summed E-state index contributed by atoms with van der Waals surface area (Å²) >= 11 is 1.26. The van der Waals surface area contributed by atoms with Crippen molar-refractivity contribution in [2.75, 3.05) is 18.2 Å². The summed E-state index contributed by atoms with van der Waals surface area (Å²) in [6, 6.07) is 9.19. The Labute approximate surface area is 110 Å². The molecule has 1 heterocycles. The van der Waals surface area contributed by atoms with Gasteiger partial charge in [0, 0.05) is 6.26 Å². The molecule has 5 nitrogen and oxygen atoms in total. The Kier molecular flexibility index (Phi) is 3.36. The van der Waals surface area contributed by atoms with E-state index in [0.29, 0.717) is 5.03 Å². The van der Waals surface area contributed by atoms with Crippen molar-refractivity contribution >= 4 is 27.4 Å². The zero-order valence-electron chi connectivity index (χ0n) is 9.99. The van der Waals surface area contributed by atoms with Crippen molar-refractivity contribution < 1.29 is 8.42 Å². The van der Waals surface area contributed by atoms with E-state index in [9.17, 15) is 8.42 Å². The van der Waals surface area contributed by atoms with Gasteiger partial charge in [0.1, 0.15) is 15.7 Å². The lowest BCUT2D eigenvalue weighted by molar-refractivity contribution is 0.600. The molecule has 0 aliphatic heterocycles. The minimum atomic E-state index is -3.39. The van der Waals surface area contributed by atoms with Gasteiger partial charge in [0.25, 0.3) is 0 Å². The fraction of sp³-hybridized carbons (Fsp3) is 0.182. The quantitative estimate of drug-likeness (QED) is 0.865. The molecule has 0 saturated carbocycles. The van der Waals surface area contributed by atoms with Crippen LogP contribution in [0, 0.1) is 0 Å². The molecule has 0 radical (unpaired) electrons. The van der Waals surface area contributed by atoms with E-state index in [4.69, 9.17) is 5.73 Å². The molecule has 18 heavy (non-hydrogen) atoms. The molecule has 1 aromatic heterocycles. The van der Waals surface area contributed by atoms with E-state index < -0.39 is 9.84 Å². The van der Waals surface area contributed by atoms with Crippen LogP contribution in [0.2, 0.25) is 0 Å². The van der Waals surface area contributed by atoms with Crippen LogP contribution in [-0.4, -0.2) is 30.7 Å². The summed E-state index contributed by atoms with van der Waals surface area (Å²) in [5.74, 6) is 0.146. The van der Waals surface area contributed by atoms with E-state index in [1.165, 1.54) is 16.4 Å². The van der Waals surface area contributed by atoms with Crippen LogP contribution in [0.25, 0.3) is 5.69 Å². The molecule has 0 fully saturated rings. The third-order valence-corrected chi connectivity index (χ3v) is 4.36. The van der Waals surface area contributed by atoms with Gasteiger partial charge in [-0.15, -0.1) is 11.8 Å². The summed E-state index contributed by atoms with van der Waals surface area (Å²) in [6.07, 6.45) is 2.90. The number of nitrogens with zero attached hydrogens (tertiary/aromatic N) is 2. The van der Waals surface area contributed by atoms with Crippen molar-refractivity contribution in [3.8, 4) is 5.69 Å². The molecule has 96 valence electrons. The molecule has 2 rings (SSSR count). The van der Waals surface area contributed by atoms with Gasteiger partial charge in [-0.1, -0.05) is 18.2 Å². The average molecular weight is 283 g/mol. The summed E-state index contributed by atoms with van der Waals surface area (Å²) in [5.41, 5.74) is 6.64. The minimum absolute atomic E-state index is 0.0962. The first kappa shape index (κ1) is 13.0. The highest BCUT2D eigenvalue weighted by molar-refractivity contribution is 7.99. The van der Waals surface area contributed by atoms with Gasteiger partial charge in [0.05, 0.1) is 5.69 Å². The van der Waals surface area contributed by atoms with Gasteiger partial charge in [-0.3, -0.25) is 0 Å². The lowest BCUT2D eigenvalue weighted by Gasteiger charge is -2.03. The number of rotatable bonds is 3. The van der Waals surface area contributed by atoms with Crippen LogP contribution in [0.3, 0.4) is 0 Å². The Bertz CT molecular complexity index is 663. The van der Waals surface area contributed by atoms with Crippen LogP contribution in [0.1, 0.15) is 0 Å². The Balaban J connectivity index is 2.70. The minimum Gasteiger partial charge on any atom is -0.382 e. The third kappa shape index (κ3) is 2.23. The van der Waals surface area contributed by atoms with Crippen LogP contribution in [0.5, 0.6) is 0 Å². The molecular weight excluding hydrogens is 270 g/mol. The molecule has 0 saturated heterocycles. The molecule has 0 atom stereocenters. The lowest BCUT2D eigenvalue weighted by atomic mass is 10.3. The van der Waals surface area contributed by atoms with Gasteiger partial charge in [0.2, 0.25) is 0 Å². The van der Waals surface area contributed by atoms with E-state index in [-0.39, 0.29) is 10.7 Å². The molecule has 0 aliphatic carbocycles. The molecule has 0 aliphatic rings. The second-order valence-corrected chi connectivity index (χ2v) is 6.49. The zero-order valence-corrected chi connectivity index (χ0v) is 11.6. The number of nitrogens with two attached hydrogens (primary N) is 1. The Morgan fingerprint density at radius 1 is 1.28 bits per heavy atom. The molecule has 1 aromatic carbocycles. The summed E-state index contributed by atoms with van der Waals surface area (Å²) in [5, 5.41) is 4.66. The SMILES string of the molecule is CSc1nn(-c2ccccc2)c(N)c1S(C)(=O)=O. The van der Waals surface area contributed by atoms with E-state index in [1.54, 1.807) is 6.26 Å². The maximum Gasteiger partial charge on any atom is 0.181 e. The van der Waals surface area contributed by atoms with Gasteiger partial charge in [0.15, 0.2) is 9.84 Å². The number of hydrogen-bond donors (Lipinski definition) is 1. The van der Waals surface area contributed by atoms with Gasteiger partial charge in [-0.25, -0.2) is 13.1 Å². The first-order valence-electron chi connectivity index (χ1n) is 5.13. The summed E-state index contributed by atoms with van der Waals surface area (Å²) in [4.78, 5) is 0.0962. The van der Waals surface area contributed by atoms with Crippen LogP contribution < -0.4 is 5.73 Å². The molecule has 7 heteroatoms. The Morgan fingerprint density at radius 3 is 2.33 bits per heavy atom. The second kappa shape index (κ2) is 4.66. The second-order valence-electron chi connectivity index (χ2n) is 3.74. The number of benzene rings is 1. The highest BCUT2D eigenvalue weighted by Crippen LogP contribution is 2.30. The molecule has 0 bridgehead atoms. The van der Waals surface area contributed by atoms with E-state index >= 15 is 0 Å². The number of aromatic nitrogens is 2. The fourth-order valence-electron chi connectivity index (χ4n) is 1.64. The number of para-hydroxylation sites is 1. The largest absolute Gasteiger partial charge is 0.382 e. The van der Waals surface area contributed by atoms with Crippen LogP contribution in [-0.2, 0) is 9.84 Å². The number of sulfone groups is 1. The zero-order chi connectivity index (χ0) is 13.3. The maximum absolute atomic E-state index is 11.7. The van der Waals surface area contributed by atoms with E-state index in [1.807, 2.05) is 30.3 Å². The van der Waals surface area contributed by atoms with Crippen molar-refractivity contribution in [2.24, 2.45) is 0 Å². The van der Waals surface area contributed by atoms with Gasteiger partial charge < -0.3 is 5.73 Å². The van der Waals surface area contributed by atoms with E-state index in [2.05, 4.69) is 5.10 Å². The number of thioether (sulfide) groups is 1. The Morgan fingerprint density at radius 2 is 1.89 bits per heavy atom. The molecule has 2 N–H and O–H groups in total. The van der Waals surface area contributed by atoms with Crippen molar-refractivity contribution in [1.29, 1.82) is 0 Å². The topological polar surface area (TPSA) is 78.0 Å². The highest BCUT2D eigenvalue weighted by atomic mass is 32.2. The Hall–Kier alpha value is -1.47. The predicted molar refractivity (Wildman–Crippen MR) is 72.9 cm³/mol. The predicted octanol–water partition coefficient (Wildman–Crippen LogP) is 1.58. The first-order valence-corrected chi connectivity index (χ1v) is 8.24. The third-order valence-electron chi connectivity index (χ3n) is 2.41. The van der Waals surface area contributed by atoms with Crippen LogP contribution in [0.4, 0.5) is 5.82 Å². The molecule has 0 unspecified atom stereocenters.